The molecule has 0 radical (unpaired) electrons. The van der Waals surface area contributed by atoms with Crippen LogP contribution in [0.15, 0.2) is 43.5 Å². The van der Waals surface area contributed by atoms with Crippen LogP contribution in [-0.2, 0) is 0 Å². The van der Waals surface area contributed by atoms with Gasteiger partial charge in [-0.1, -0.05) is 30.3 Å². The molecule has 0 bridgehead atoms. The molecule has 60 valence electrons. The lowest BCUT2D eigenvalue weighted by Gasteiger charge is -1.81. The molecule has 0 aromatic heterocycles. The fourth-order valence-electron chi connectivity index (χ4n) is 0.532. The average Bonchev–Trinajstić information content (AvgIpc) is 2.10. The molecule has 0 aliphatic heterocycles. The number of halogens is 1. The van der Waals surface area contributed by atoms with Crippen molar-refractivity contribution in [2.24, 2.45) is 0 Å². The number of aldehydes is 1. The van der Waals surface area contributed by atoms with Crippen LogP contribution in [0.3, 0.4) is 0 Å². The Morgan fingerprint density at radius 2 is 1.55 bits per heavy atom. The van der Waals surface area contributed by atoms with E-state index in [1.165, 1.54) is 0 Å². The predicted octanol–water partition coefficient (Wildman–Crippen LogP) is 2.72. The molecular weight excluding hydrogens is 160 g/mol. The monoisotopic (exact) mass is 170 g/mol. The molecule has 1 aromatic rings. The Morgan fingerprint density at radius 3 is 1.82 bits per heavy atom. The molecule has 0 aliphatic carbocycles. The third kappa shape index (κ3) is 5.37. The molecule has 0 saturated carbocycles. The maximum Gasteiger partial charge on any atom is 0.150 e. The molecule has 0 unspecified atom stereocenters. The second kappa shape index (κ2) is 8.92. The smallest absolute Gasteiger partial charge is 0.150 e. The van der Waals surface area contributed by atoms with Crippen molar-refractivity contribution in [1.82, 2.24) is 0 Å². The first kappa shape index (κ1) is 12.6. The first-order chi connectivity index (χ1) is 4.93. The van der Waals surface area contributed by atoms with Gasteiger partial charge in [-0.3, -0.25) is 4.79 Å². The zero-order valence-electron chi connectivity index (χ0n) is 6.19. The lowest BCUT2D eigenvalue weighted by molar-refractivity contribution is 0.112. The number of carbonyl (C=O) groups excluding carboxylic acids is 1. The number of carbonyl (C=O) groups is 1. The highest BCUT2D eigenvalue weighted by Gasteiger charge is 1.79. The molecule has 1 rings (SSSR count). The third-order valence-electron chi connectivity index (χ3n) is 0.936. The molecule has 2 heteroatoms. The Bertz CT molecular complexity index is 184. The predicted molar refractivity (Wildman–Crippen MR) is 50.3 cm³/mol. The molecule has 0 heterocycles. The van der Waals surface area contributed by atoms with Crippen molar-refractivity contribution in [2.75, 3.05) is 0 Å². The molecular formula is C9H11ClO. The van der Waals surface area contributed by atoms with E-state index in [9.17, 15) is 4.79 Å². The number of rotatable bonds is 1. The molecule has 0 spiro atoms. The van der Waals surface area contributed by atoms with E-state index in [-0.39, 0.29) is 12.4 Å². The van der Waals surface area contributed by atoms with Gasteiger partial charge in [0, 0.05) is 5.56 Å². The summed E-state index contributed by atoms with van der Waals surface area (Å²) >= 11 is 0. The minimum Gasteiger partial charge on any atom is -0.298 e. The fraction of sp³-hybridized carbons (Fsp3) is 0. The van der Waals surface area contributed by atoms with E-state index < -0.39 is 0 Å². The van der Waals surface area contributed by atoms with Crippen LogP contribution < -0.4 is 0 Å². The summed E-state index contributed by atoms with van der Waals surface area (Å²) in [5.41, 5.74) is 0.729. The third-order valence-corrected chi connectivity index (χ3v) is 0.936. The molecule has 1 nitrogen and oxygen atoms in total. The Labute approximate surface area is 73.2 Å². The van der Waals surface area contributed by atoms with Gasteiger partial charge in [0.1, 0.15) is 6.29 Å². The van der Waals surface area contributed by atoms with E-state index >= 15 is 0 Å². The molecule has 0 atom stereocenters. The van der Waals surface area contributed by atoms with Crippen molar-refractivity contribution in [3.8, 4) is 0 Å². The van der Waals surface area contributed by atoms with Crippen LogP contribution in [0.25, 0.3) is 0 Å². The van der Waals surface area contributed by atoms with E-state index in [0.29, 0.717) is 0 Å². The van der Waals surface area contributed by atoms with E-state index in [1.807, 2.05) is 18.2 Å². The Balaban J connectivity index is 0. The summed E-state index contributed by atoms with van der Waals surface area (Å²) in [5.74, 6) is 0. The summed E-state index contributed by atoms with van der Waals surface area (Å²) in [6, 6.07) is 9.10. The molecule has 1 aromatic carbocycles. The van der Waals surface area contributed by atoms with E-state index in [4.69, 9.17) is 0 Å². The van der Waals surface area contributed by atoms with Gasteiger partial charge in [-0.05, 0) is 0 Å². The van der Waals surface area contributed by atoms with Crippen LogP contribution in [-0.4, -0.2) is 6.29 Å². The summed E-state index contributed by atoms with van der Waals surface area (Å²) in [5, 5.41) is 0. The van der Waals surface area contributed by atoms with E-state index in [0.717, 1.165) is 11.8 Å². The summed E-state index contributed by atoms with van der Waals surface area (Å²) in [6.07, 6.45) is 0.833. The van der Waals surface area contributed by atoms with E-state index in [2.05, 4.69) is 13.2 Å². The average molecular weight is 171 g/mol. The van der Waals surface area contributed by atoms with Crippen molar-refractivity contribution in [2.45, 2.75) is 0 Å². The molecule has 0 aliphatic rings. The van der Waals surface area contributed by atoms with Gasteiger partial charge in [-0.25, -0.2) is 0 Å². The van der Waals surface area contributed by atoms with Gasteiger partial charge in [-0.15, -0.1) is 25.6 Å². The van der Waals surface area contributed by atoms with Gasteiger partial charge < -0.3 is 0 Å². The van der Waals surface area contributed by atoms with Crippen molar-refractivity contribution in [3.05, 3.63) is 49.1 Å². The minimum atomic E-state index is 0. The Kier molecular flexibility index (Phi) is 10.2. The second-order valence-corrected chi connectivity index (χ2v) is 1.53. The van der Waals surface area contributed by atoms with Crippen LogP contribution in [0.4, 0.5) is 0 Å². The number of hydrogen-bond acceptors (Lipinski definition) is 1. The molecule has 0 saturated heterocycles. The van der Waals surface area contributed by atoms with E-state index in [1.54, 1.807) is 12.1 Å². The van der Waals surface area contributed by atoms with Crippen LogP contribution in [0.2, 0.25) is 0 Å². The molecule has 0 N–H and O–H groups in total. The Hall–Kier alpha value is -1.08. The minimum absolute atomic E-state index is 0. The molecule has 0 fully saturated rings. The van der Waals surface area contributed by atoms with Crippen molar-refractivity contribution >= 4 is 18.7 Å². The van der Waals surface area contributed by atoms with Crippen molar-refractivity contribution < 1.29 is 4.79 Å². The number of benzene rings is 1. The van der Waals surface area contributed by atoms with Crippen molar-refractivity contribution in [1.29, 1.82) is 0 Å². The molecule has 0 amide bonds. The van der Waals surface area contributed by atoms with Gasteiger partial charge in [-0.2, -0.15) is 0 Å². The molecule has 11 heavy (non-hydrogen) atoms. The van der Waals surface area contributed by atoms with Crippen LogP contribution in [0, 0.1) is 0 Å². The summed E-state index contributed by atoms with van der Waals surface area (Å²) in [4.78, 5) is 10.0. The quantitative estimate of drug-likeness (QED) is 0.468. The lowest BCUT2D eigenvalue weighted by atomic mass is 10.2. The zero-order valence-corrected chi connectivity index (χ0v) is 7.01. The largest absolute Gasteiger partial charge is 0.298 e. The normalized spacial score (nSPS) is 6.55. The summed E-state index contributed by atoms with van der Waals surface area (Å²) < 4.78 is 0. The number of hydrogen-bond donors (Lipinski definition) is 0. The van der Waals surface area contributed by atoms with Crippen LogP contribution >= 0.6 is 12.4 Å². The van der Waals surface area contributed by atoms with Gasteiger partial charge in [0.05, 0.1) is 0 Å². The van der Waals surface area contributed by atoms with Gasteiger partial charge in [0.25, 0.3) is 0 Å². The highest BCUT2D eigenvalue weighted by molar-refractivity contribution is 5.85. The van der Waals surface area contributed by atoms with Crippen molar-refractivity contribution in [3.63, 3.8) is 0 Å². The lowest BCUT2D eigenvalue weighted by Crippen LogP contribution is -1.73. The first-order valence-corrected chi connectivity index (χ1v) is 2.94. The highest BCUT2D eigenvalue weighted by atomic mass is 35.5. The topological polar surface area (TPSA) is 17.1 Å². The van der Waals surface area contributed by atoms with Crippen LogP contribution in [0.1, 0.15) is 10.4 Å². The standard InChI is InChI=1S/C7H6O.C2H4.ClH/c8-6-7-4-2-1-3-5-7;1-2;/h1-6H;1-2H2;1H. The van der Waals surface area contributed by atoms with Crippen LogP contribution in [0.5, 0.6) is 0 Å². The summed E-state index contributed by atoms with van der Waals surface area (Å²) in [6.45, 7) is 6.00. The first-order valence-electron chi connectivity index (χ1n) is 2.94. The van der Waals surface area contributed by atoms with Gasteiger partial charge >= 0.3 is 0 Å². The van der Waals surface area contributed by atoms with Gasteiger partial charge in [0.2, 0.25) is 0 Å². The maximum absolute atomic E-state index is 10.0. The maximum atomic E-state index is 10.0. The Morgan fingerprint density at radius 1 is 1.09 bits per heavy atom. The second-order valence-electron chi connectivity index (χ2n) is 1.53. The SMILES string of the molecule is C=C.Cl.O=Cc1ccccc1. The highest BCUT2D eigenvalue weighted by Crippen LogP contribution is 1.91. The fourth-order valence-corrected chi connectivity index (χ4v) is 0.532. The van der Waals surface area contributed by atoms with Gasteiger partial charge in [0.15, 0.2) is 0 Å². The summed E-state index contributed by atoms with van der Waals surface area (Å²) in [7, 11) is 0. The zero-order chi connectivity index (χ0) is 7.82.